The highest BCUT2D eigenvalue weighted by Gasteiger charge is 2.41. The van der Waals surface area contributed by atoms with Gasteiger partial charge in [-0.15, -0.1) is 0 Å². The van der Waals surface area contributed by atoms with Crippen LogP contribution in [0.4, 0.5) is 4.39 Å². The van der Waals surface area contributed by atoms with E-state index in [4.69, 9.17) is 10.5 Å². The van der Waals surface area contributed by atoms with Gasteiger partial charge in [-0.2, -0.15) is 0 Å². The molecule has 3 aromatic rings. The molecule has 0 radical (unpaired) electrons. The van der Waals surface area contributed by atoms with Crippen LogP contribution in [0.25, 0.3) is 10.8 Å². The van der Waals surface area contributed by atoms with Crippen molar-refractivity contribution in [3.8, 4) is 5.75 Å². The van der Waals surface area contributed by atoms with E-state index >= 15 is 0 Å². The minimum atomic E-state index is -0.328. The number of aromatic nitrogens is 1. The Bertz CT molecular complexity index is 936. The summed E-state index contributed by atoms with van der Waals surface area (Å²) in [5, 5.41) is 1.72. The van der Waals surface area contributed by atoms with Gasteiger partial charge in [-0.3, -0.25) is 4.98 Å². The quantitative estimate of drug-likeness (QED) is 0.649. The second-order valence-corrected chi connectivity index (χ2v) is 7.86. The molecule has 2 aromatic carbocycles. The number of pyridine rings is 1. The Morgan fingerprint density at radius 2 is 1.89 bits per heavy atom. The standard InChI is InChI=1S/C24H27FN2O/c1-2-23(26)24(19-6-4-3-5-7-19)11-8-20(9-12-24)28-22-15-17-10-13-27-16-18(17)14-21(22)25/h3-7,10,13-16,20,23H,2,8-9,11-12,26H2,1H3/t20-,23?,24+. The minimum absolute atomic E-state index is 0.00896. The van der Waals surface area contributed by atoms with Crippen LogP contribution in [0.5, 0.6) is 5.75 Å². The molecule has 0 amide bonds. The maximum Gasteiger partial charge on any atom is 0.165 e. The lowest BCUT2D eigenvalue weighted by Gasteiger charge is -2.44. The highest BCUT2D eigenvalue weighted by atomic mass is 19.1. The van der Waals surface area contributed by atoms with Gasteiger partial charge < -0.3 is 10.5 Å². The van der Waals surface area contributed by atoms with E-state index in [-0.39, 0.29) is 23.4 Å². The average molecular weight is 378 g/mol. The number of hydrogen-bond donors (Lipinski definition) is 1. The molecule has 3 nitrogen and oxygen atoms in total. The Kier molecular flexibility index (Phi) is 5.31. The second kappa shape index (κ2) is 7.88. The molecule has 1 aromatic heterocycles. The first-order valence-electron chi connectivity index (χ1n) is 10.1. The van der Waals surface area contributed by atoms with Gasteiger partial charge in [-0.1, -0.05) is 37.3 Å². The lowest BCUT2D eigenvalue weighted by Crippen LogP contribution is -2.48. The molecule has 1 atom stereocenters. The Morgan fingerprint density at radius 1 is 1.14 bits per heavy atom. The predicted molar refractivity (Wildman–Crippen MR) is 111 cm³/mol. The SMILES string of the molecule is CCC(N)[C@]1(c2ccccc2)CC[C@H](Oc2cc3ccncc3cc2F)CC1. The van der Waals surface area contributed by atoms with Crippen LogP contribution in [0, 0.1) is 5.82 Å². The van der Waals surface area contributed by atoms with E-state index in [2.05, 4.69) is 36.2 Å². The Morgan fingerprint density at radius 3 is 2.61 bits per heavy atom. The van der Waals surface area contributed by atoms with Gasteiger partial charge in [0.05, 0.1) is 6.10 Å². The molecule has 0 spiro atoms. The number of hydrogen-bond acceptors (Lipinski definition) is 3. The second-order valence-electron chi connectivity index (χ2n) is 7.86. The molecule has 1 saturated carbocycles. The molecule has 1 unspecified atom stereocenters. The lowest BCUT2D eigenvalue weighted by atomic mass is 9.64. The Balaban J connectivity index is 1.52. The van der Waals surface area contributed by atoms with Crippen molar-refractivity contribution in [2.24, 2.45) is 5.73 Å². The molecule has 4 rings (SSSR count). The van der Waals surface area contributed by atoms with Crippen molar-refractivity contribution in [3.05, 3.63) is 72.3 Å². The number of halogens is 1. The van der Waals surface area contributed by atoms with Crippen molar-refractivity contribution >= 4 is 10.8 Å². The highest BCUT2D eigenvalue weighted by molar-refractivity contribution is 5.83. The summed E-state index contributed by atoms with van der Waals surface area (Å²) in [4.78, 5) is 4.05. The Labute approximate surface area is 165 Å². The van der Waals surface area contributed by atoms with Gasteiger partial charge in [0.25, 0.3) is 0 Å². The maximum absolute atomic E-state index is 14.5. The highest BCUT2D eigenvalue weighted by Crippen LogP contribution is 2.43. The molecule has 0 saturated heterocycles. The zero-order chi connectivity index (χ0) is 19.6. The monoisotopic (exact) mass is 378 g/mol. The van der Waals surface area contributed by atoms with Gasteiger partial charge in [0, 0.05) is 29.2 Å². The molecule has 1 heterocycles. The van der Waals surface area contributed by atoms with E-state index < -0.39 is 0 Å². The molecular formula is C24H27FN2O. The van der Waals surface area contributed by atoms with E-state index in [0.717, 1.165) is 42.9 Å². The van der Waals surface area contributed by atoms with E-state index in [1.54, 1.807) is 18.5 Å². The molecule has 2 N–H and O–H groups in total. The lowest BCUT2D eigenvalue weighted by molar-refractivity contribution is 0.100. The topological polar surface area (TPSA) is 48.1 Å². The summed E-state index contributed by atoms with van der Waals surface area (Å²) < 4.78 is 20.6. The maximum atomic E-state index is 14.5. The molecule has 1 aliphatic carbocycles. The summed E-state index contributed by atoms with van der Waals surface area (Å²) >= 11 is 0. The summed E-state index contributed by atoms with van der Waals surface area (Å²) in [6.07, 6.45) is 7.98. The number of rotatable bonds is 5. The van der Waals surface area contributed by atoms with Crippen LogP contribution in [0.15, 0.2) is 60.9 Å². The summed E-state index contributed by atoms with van der Waals surface area (Å²) in [5.41, 5.74) is 7.88. The summed E-state index contributed by atoms with van der Waals surface area (Å²) in [7, 11) is 0. The zero-order valence-corrected chi connectivity index (χ0v) is 16.3. The van der Waals surface area contributed by atoms with Gasteiger partial charge in [0.15, 0.2) is 11.6 Å². The molecule has 146 valence electrons. The number of nitrogens with two attached hydrogens (primary N) is 1. The van der Waals surface area contributed by atoms with E-state index in [1.807, 2.05) is 12.1 Å². The van der Waals surface area contributed by atoms with Crippen molar-refractivity contribution in [2.75, 3.05) is 0 Å². The molecule has 0 bridgehead atoms. The molecular weight excluding hydrogens is 351 g/mol. The van der Waals surface area contributed by atoms with Crippen molar-refractivity contribution in [1.29, 1.82) is 0 Å². The van der Waals surface area contributed by atoms with Crippen LogP contribution in [0.1, 0.15) is 44.6 Å². The fraction of sp³-hybridized carbons (Fsp3) is 0.375. The molecule has 28 heavy (non-hydrogen) atoms. The van der Waals surface area contributed by atoms with Gasteiger partial charge in [-0.25, -0.2) is 4.39 Å². The largest absolute Gasteiger partial charge is 0.487 e. The third kappa shape index (κ3) is 3.49. The van der Waals surface area contributed by atoms with Gasteiger partial charge in [0.2, 0.25) is 0 Å². The summed E-state index contributed by atoms with van der Waals surface area (Å²) in [6.45, 7) is 2.15. The van der Waals surface area contributed by atoms with Crippen LogP contribution < -0.4 is 10.5 Å². The van der Waals surface area contributed by atoms with Gasteiger partial charge in [0.1, 0.15) is 0 Å². The molecule has 1 aliphatic rings. The normalized spacial score (nSPS) is 23.5. The first-order chi connectivity index (χ1) is 13.6. The molecule has 4 heteroatoms. The number of nitrogens with zero attached hydrogens (tertiary/aromatic N) is 1. The van der Waals surface area contributed by atoms with Crippen LogP contribution in [-0.4, -0.2) is 17.1 Å². The van der Waals surface area contributed by atoms with Crippen LogP contribution in [0.3, 0.4) is 0 Å². The molecule has 1 fully saturated rings. The fourth-order valence-corrected chi connectivity index (χ4v) is 4.62. The third-order valence-electron chi connectivity index (χ3n) is 6.31. The number of ether oxygens (including phenoxy) is 1. The first-order valence-corrected chi connectivity index (χ1v) is 10.1. The van der Waals surface area contributed by atoms with Crippen molar-refractivity contribution in [2.45, 2.75) is 56.6 Å². The summed E-state index contributed by atoms with van der Waals surface area (Å²) in [5.74, 6) is 0.00126. The van der Waals surface area contributed by atoms with E-state index in [0.29, 0.717) is 5.75 Å². The first kappa shape index (κ1) is 18.9. The third-order valence-corrected chi connectivity index (χ3v) is 6.31. The Hall–Kier alpha value is -2.46. The zero-order valence-electron chi connectivity index (χ0n) is 16.3. The van der Waals surface area contributed by atoms with Crippen molar-refractivity contribution in [3.63, 3.8) is 0 Å². The van der Waals surface area contributed by atoms with Crippen molar-refractivity contribution in [1.82, 2.24) is 4.98 Å². The fourth-order valence-electron chi connectivity index (χ4n) is 4.62. The smallest absolute Gasteiger partial charge is 0.165 e. The minimum Gasteiger partial charge on any atom is -0.487 e. The van der Waals surface area contributed by atoms with Crippen LogP contribution >= 0.6 is 0 Å². The summed E-state index contributed by atoms with van der Waals surface area (Å²) in [6, 6.07) is 15.9. The number of fused-ring (bicyclic) bond motifs is 1. The van der Waals surface area contributed by atoms with Crippen LogP contribution in [-0.2, 0) is 5.41 Å². The van der Waals surface area contributed by atoms with E-state index in [9.17, 15) is 4.39 Å². The van der Waals surface area contributed by atoms with Gasteiger partial charge >= 0.3 is 0 Å². The predicted octanol–water partition coefficient (Wildman–Crippen LogP) is 5.37. The molecule has 0 aliphatic heterocycles. The van der Waals surface area contributed by atoms with Crippen LogP contribution in [0.2, 0.25) is 0 Å². The number of benzene rings is 2. The van der Waals surface area contributed by atoms with Gasteiger partial charge in [-0.05, 0) is 61.3 Å². The average Bonchev–Trinajstić information content (AvgIpc) is 2.75. The van der Waals surface area contributed by atoms with Crippen molar-refractivity contribution < 1.29 is 9.13 Å². The van der Waals surface area contributed by atoms with E-state index in [1.165, 1.54) is 11.6 Å².